The molecule has 29 heavy (non-hydrogen) atoms. The third kappa shape index (κ3) is 4.30. The first-order chi connectivity index (χ1) is 13.9. The zero-order valence-corrected chi connectivity index (χ0v) is 17.4. The number of benzene rings is 1. The number of fused-ring (bicyclic) bond motifs is 1. The molecule has 0 radical (unpaired) electrons. The summed E-state index contributed by atoms with van der Waals surface area (Å²) < 4.78 is 23.9. The Morgan fingerprint density at radius 2 is 1.86 bits per heavy atom. The van der Waals surface area contributed by atoms with Crippen molar-refractivity contribution >= 4 is 32.4 Å². The number of pyridine rings is 1. The second-order valence-electron chi connectivity index (χ2n) is 7.30. The lowest BCUT2D eigenvalue weighted by atomic mass is 10.2. The van der Waals surface area contributed by atoms with Gasteiger partial charge in [0.1, 0.15) is 18.0 Å². The van der Waals surface area contributed by atoms with Gasteiger partial charge in [0.05, 0.1) is 10.4 Å². The Hall–Kier alpha value is -2.78. The van der Waals surface area contributed by atoms with E-state index in [1.54, 1.807) is 18.2 Å². The molecule has 9 heteroatoms. The Labute approximate surface area is 170 Å². The second kappa shape index (κ2) is 7.92. The van der Waals surface area contributed by atoms with Crippen LogP contribution in [0.3, 0.4) is 0 Å². The minimum atomic E-state index is -3.31. The van der Waals surface area contributed by atoms with Gasteiger partial charge in [0.2, 0.25) is 0 Å². The Bertz CT molecular complexity index is 1130. The standard InChI is InChI=1S/C20H24N6O2S/c1-25-8-10-26(11-9-25)20-15(4-3-7-21-20)13-22-19-17-12-16(29(2,27)28)5-6-18(17)23-14-24-19/h3-7,12,14H,8-11,13H2,1-2H3,(H,22,23,24). The molecule has 4 rings (SSSR count). The molecule has 0 amide bonds. The van der Waals surface area contributed by atoms with Crippen molar-refractivity contribution in [3.63, 3.8) is 0 Å². The summed E-state index contributed by atoms with van der Waals surface area (Å²) in [4.78, 5) is 18.1. The molecule has 1 aliphatic heterocycles. The van der Waals surface area contributed by atoms with Crippen molar-refractivity contribution < 1.29 is 8.42 Å². The maximum atomic E-state index is 11.9. The second-order valence-corrected chi connectivity index (χ2v) is 9.32. The number of rotatable bonds is 5. The van der Waals surface area contributed by atoms with E-state index in [1.165, 1.54) is 12.6 Å². The molecular formula is C20H24N6O2S. The molecule has 2 aromatic heterocycles. The topological polar surface area (TPSA) is 91.3 Å². The van der Waals surface area contributed by atoms with Crippen molar-refractivity contribution in [3.8, 4) is 0 Å². The number of aromatic nitrogens is 3. The lowest BCUT2D eigenvalue weighted by Crippen LogP contribution is -2.45. The van der Waals surface area contributed by atoms with E-state index in [9.17, 15) is 8.42 Å². The van der Waals surface area contributed by atoms with Crippen LogP contribution in [-0.4, -0.2) is 67.8 Å². The van der Waals surface area contributed by atoms with Crippen LogP contribution in [0.25, 0.3) is 10.9 Å². The highest BCUT2D eigenvalue weighted by atomic mass is 32.2. The molecule has 1 fully saturated rings. The largest absolute Gasteiger partial charge is 0.365 e. The van der Waals surface area contributed by atoms with Crippen LogP contribution in [0.2, 0.25) is 0 Å². The maximum absolute atomic E-state index is 11.9. The lowest BCUT2D eigenvalue weighted by Gasteiger charge is -2.34. The van der Waals surface area contributed by atoms with Gasteiger partial charge in [0.25, 0.3) is 0 Å². The number of hydrogen-bond acceptors (Lipinski definition) is 8. The number of sulfone groups is 1. The monoisotopic (exact) mass is 412 g/mol. The van der Waals surface area contributed by atoms with Gasteiger partial charge in [-0.15, -0.1) is 0 Å². The Morgan fingerprint density at radius 3 is 2.62 bits per heavy atom. The third-order valence-electron chi connectivity index (χ3n) is 5.15. The van der Waals surface area contributed by atoms with Crippen molar-refractivity contribution in [2.75, 3.05) is 49.7 Å². The summed E-state index contributed by atoms with van der Waals surface area (Å²) in [5, 5.41) is 4.03. The molecule has 8 nitrogen and oxygen atoms in total. The minimum absolute atomic E-state index is 0.252. The quantitative estimate of drug-likeness (QED) is 0.678. The maximum Gasteiger partial charge on any atom is 0.175 e. The van der Waals surface area contributed by atoms with Crippen molar-refractivity contribution in [1.82, 2.24) is 19.9 Å². The van der Waals surface area contributed by atoms with E-state index >= 15 is 0 Å². The number of likely N-dealkylation sites (N-methyl/N-ethyl adjacent to an activating group) is 1. The van der Waals surface area contributed by atoms with Crippen LogP contribution in [0.5, 0.6) is 0 Å². The van der Waals surface area contributed by atoms with Gasteiger partial charge in [-0.2, -0.15) is 0 Å². The van der Waals surface area contributed by atoms with Gasteiger partial charge in [-0.1, -0.05) is 6.07 Å². The van der Waals surface area contributed by atoms with Crippen LogP contribution in [0, 0.1) is 0 Å². The molecule has 0 bridgehead atoms. The first-order valence-corrected chi connectivity index (χ1v) is 11.4. The Balaban J connectivity index is 1.61. The smallest absolute Gasteiger partial charge is 0.175 e. The zero-order valence-electron chi connectivity index (χ0n) is 16.5. The fraction of sp³-hybridized carbons (Fsp3) is 0.350. The van der Waals surface area contributed by atoms with Crippen LogP contribution >= 0.6 is 0 Å². The average Bonchev–Trinajstić information content (AvgIpc) is 2.72. The van der Waals surface area contributed by atoms with Gasteiger partial charge < -0.3 is 15.1 Å². The molecule has 0 aliphatic carbocycles. The van der Waals surface area contributed by atoms with Gasteiger partial charge in [-0.05, 0) is 31.3 Å². The lowest BCUT2D eigenvalue weighted by molar-refractivity contribution is 0.312. The molecule has 3 aromatic rings. The number of nitrogens with one attached hydrogen (secondary N) is 1. The van der Waals surface area contributed by atoms with Crippen molar-refractivity contribution in [2.45, 2.75) is 11.4 Å². The highest BCUT2D eigenvalue weighted by Gasteiger charge is 2.18. The number of piperazine rings is 1. The van der Waals surface area contributed by atoms with E-state index in [4.69, 9.17) is 0 Å². The molecule has 0 saturated carbocycles. The Kier molecular flexibility index (Phi) is 5.33. The molecule has 1 N–H and O–H groups in total. The molecule has 1 aliphatic rings. The first-order valence-electron chi connectivity index (χ1n) is 9.48. The fourth-order valence-electron chi connectivity index (χ4n) is 3.46. The minimum Gasteiger partial charge on any atom is -0.365 e. The van der Waals surface area contributed by atoms with Gasteiger partial charge in [-0.25, -0.2) is 23.4 Å². The number of hydrogen-bond donors (Lipinski definition) is 1. The molecule has 0 atom stereocenters. The summed E-state index contributed by atoms with van der Waals surface area (Å²) >= 11 is 0. The zero-order chi connectivity index (χ0) is 20.4. The van der Waals surface area contributed by atoms with Crippen LogP contribution in [0.4, 0.5) is 11.6 Å². The van der Waals surface area contributed by atoms with E-state index in [2.05, 4.69) is 43.2 Å². The van der Waals surface area contributed by atoms with E-state index in [0.29, 0.717) is 23.3 Å². The van der Waals surface area contributed by atoms with Crippen LogP contribution < -0.4 is 10.2 Å². The Morgan fingerprint density at radius 1 is 1.07 bits per heavy atom. The van der Waals surface area contributed by atoms with E-state index < -0.39 is 9.84 Å². The van der Waals surface area contributed by atoms with Crippen molar-refractivity contribution in [3.05, 3.63) is 48.4 Å². The van der Waals surface area contributed by atoms with Crippen LogP contribution in [0.15, 0.2) is 47.8 Å². The highest BCUT2D eigenvalue weighted by Crippen LogP contribution is 2.25. The summed E-state index contributed by atoms with van der Waals surface area (Å²) in [5.74, 6) is 1.58. The molecule has 0 spiro atoms. The summed E-state index contributed by atoms with van der Waals surface area (Å²) in [6.07, 6.45) is 4.49. The van der Waals surface area contributed by atoms with E-state index in [-0.39, 0.29) is 4.90 Å². The summed E-state index contributed by atoms with van der Waals surface area (Å²) in [6.45, 7) is 4.43. The van der Waals surface area contributed by atoms with Crippen LogP contribution in [0.1, 0.15) is 5.56 Å². The predicted octanol–water partition coefficient (Wildman–Crippen LogP) is 1.79. The molecule has 3 heterocycles. The third-order valence-corrected chi connectivity index (χ3v) is 6.26. The van der Waals surface area contributed by atoms with Gasteiger partial charge >= 0.3 is 0 Å². The molecule has 1 saturated heterocycles. The van der Waals surface area contributed by atoms with Crippen LogP contribution in [-0.2, 0) is 16.4 Å². The van der Waals surface area contributed by atoms with Crippen molar-refractivity contribution in [2.24, 2.45) is 0 Å². The number of anilines is 2. The van der Waals surface area contributed by atoms with Gasteiger partial charge in [0.15, 0.2) is 9.84 Å². The fourth-order valence-corrected chi connectivity index (χ4v) is 4.10. The SMILES string of the molecule is CN1CCN(c2ncccc2CNc2ncnc3ccc(S(C)(=O)=O)cc23)CC1. The summed E-state index contributed by atoms with van der Waals surface area (Å²) in [7, 11) is -1.18. The average molecular weight is 413 g/mol. The van der Waals surface area contributed by atoms with Gasteiger partial charge in [-0.3, -0.25) is 0 Å². The molecular weight excluding hydrogens is 388 g/mol. The highest BCUT2D eigenvalue weighted by molar-refractivity contribution is 7.90. The molecule has 152 valence electrons. The predicted molar refractivity (Wildman–Crippen MR) is 114 cm³/mol. The van der Waals surface area contributed by atoms with E-state index in [1.807, 2.05) is 12.3 Å². The number of nitrogens with zero attached hydrogens (tertiary/aromatic N) is 5. The van der Waals surface area contributed by atoms with Crippen molar-refractivity contribution in [1.29, 1.82) is 0 Å². The summed E-state index contributed by atoms with van der Waals surface area (Å²) in [6, 6.07) is 8.88. The van der Waals surface area contributed by atoms with E-state index in [0.717, 1.165) is 37.6 Å². The van der Waals surface area contributed by atoms with Gasteiger partial charge in [0, 0.05) is 56.1 Å². The molecule has 0 unspecified atom stereocenters. The normalized spacial score (nSPS) is 15.6. The molecule has 1 aromatic carbocycles. The summed E-state index contributed by atoms with van der Waals surface area (Å²) in [5.41, 5.74) is 1.77. The first kappa shape index (κ1) is 19.5.